The quantitative estimate of drug-likeness (QED) is 0.786. The largest absolute Gasteiger partial charge is 0.366 e. The highest BCUT2D eigenvalue weighted by atomic mass is 35.5. The molecular formula is C13H17ClFN3O2. The van der Waals surface area contributed by atoms with E-state index in [2.05, 4.69) is 10.6 Å². The molecule has 110 valence electrons. The highest BCUT2D eigenvalue weighted by Crippen LogP contribution is 2.19. The van der Waals surface area contributed by atoms with Gasteiger partial charge < -0.3 is 16.4 Å². The van der Waals surface area contributed by atoms with Gasteiger partial charge in [0.2, 0.25) is 11.8 Å². The topological polar surface area (TPSA) is 84.2 Å². The van der Waals surface area contributed by atoms with E-state index in [0.29, 0.717) is 0 Å². The number of benzene rings is 1. The van der Waals surface area contributed by atoms with Crippen molar-refractivity contribution in [1.82, 2.24) is 5.32 Å². The molecule has 0 saturated carbocycles. The van der Waals surface area contributed by atoms with Crippen molar-refractivity contribution in [1.29, 1.82) is 0 Å². The van der Waals surface area contributed by atoms with E-state index in [-0.39, 0.29) is 35.5 Å². The molecule has 1 heterocycles. The van der Waals surface area contributed by atoms with Crippen LogP contribution in [0.15, 0.2) is 18.2 Å². The highest BCUT2D eigenvalue weighted by molar-refractivity contribution is 5.97. The van der Waals surface area contributed by atoms with Gasteiger partial charge in [-0.05, 0) is 44.1 Å². The zero-order valence-corrected chi connectivity index (χ0v) is 11.6. The summed E-state index contributed by atoms with van der Waals surface area (Å²) in [4.78, 5) is 23.0. The maximum atomic E-state index is 13.6. The van der Waals surface area contributed by atoms with Crippen LogP contribution < -0.4 is 16.4 Å². The van der Waals surface area contributed by atoms with Crippen molar-refractivity contribution >= 4 is 29.9 Å². The number of anilines is 1. The molecule has 1 aromatic rings. The second kappa shape index (κ2) is 7.21. The molecule has 0 bridgehead atoms. The van der Waals surface area contributed by atoms with Gasteiger partial charge in [-0.15, -0.1) is 12.4 Å². The fraction of sp³-hybridized carbons (Fsp3) is 0.385. The summed E-state index contributed by atoms with van der Waals surface area (Å²) in [5.74, 6) is -1.58. The predicted octanol–water partition coefficient (Wildman–Crippen LogP) is 1.28. The summed E-state index contributed by atoms with van der Waals surface area (Å²) in [5.41, 5.74) is 5.29. The fourth-order valence-corrected chi connectivity index (χ4v) is 2.09. The summed E-state index contributed by atoms with van der Waals surface area (Å²) >= 11 is 0. The first kappa shape index (κ1) is 16.4. The van der Waals surface area contributed by atoms with Gasteiger partial charge in [-0.2, -0.15) is 0 Å². The number of carbonyl (C=O) groups is 2. The summed E-state index contributed by atoms with van der Waals surface area (Å²) < 4.78 is 13.6. The zero-order chi connectivity index (χ0) is 13.8. The number of carbonyl (C=O) groups excluding carboxylic acids is 2. The van der Waals surface area contributed by atoms with Crippen molar-refractivity contribution in [3.63, 3.8) is 0 Å². The SMILES string of the molecule is Cl.NC(=O)c1ccc(F)c(NC(=O)C2CCNCC2)c1. The molecule has 2 rings (SSSR count). The fourth-order valence-electron chi connectivity index (χ4n) is 2.09. The van der Waals surface area contributed by atoms with Crippen molar-refractivity contribution < 1.29 is 14.0 Å². The molecule has 1 fully saturated rings. The lowest BCUT2D eigenvalue weighted by Crippen LogP contribution is -2.34. The van der Waals surface area contributed by atoms with Gasteiger partial charge in [-0.3, -0.25) is 9.59 Å². The van der Waals surface area contributed by atoms with Crippen LogP contribution in [-0.4, -0.2) is 24.9 Å². The van der Waals surface area contributed by atoms with E-state index >= 15 is 0 Å². The molecule has 0 aliphatic carbocycles. The van der Waals surface area contributed by atoms with E-state index in [4.69, 9.17) is 5.73 Å². The van der Waals surface area contributed by atoms with E-state index in [1.807, 2.05) is 0 Å². The van der Waals surface area contributed by atoms with Crippen LogP contribution in [0.2, 0.25) is 0 Å². The van der Waals surface area contributed by atoms with Crippen LogP contribution in [0.1, 0.15) is 23.2 Å². The summed E-state index contributed by atoms with van der Waals surface area (Å²) in [6.45, 7) is 1.56. The van der Waals surface area contributed by atoms with Gasteiger partial charge in [0, 0.05) is 11.5 Å². The molecule has 1 saturated heterocycles. The molecular weight excluding hydrogens is 285 g/mol. The van der Waals surface area contributed by atoms with Crippen LogP contribution in [0, 0.1) is 11.7 Å². The van der Waals surface area contributed by atoms with Crippen molar-refractivity contribution in [3.8, 4) is 0 Å². The Labute approximate surface area is 122 Å². The Morgan fingerprint density at radius 2 is 1.95 bits per heavy atom. The van der Waals surface area contributed by atoms with Crippen LogP contribution in [0.4, 0.5) is 10.1 Å². The van der Waals surface area contributed by atoms with Gasteiger partial charge in [0.1, 0.15) is 5.82 Å². The van der Waals surface area contributed by atoms with Gasteiger partial charge in [-0.1, -0.05) is 0 Å². The zero-order valence-electron chi connectivity index (χ0n) is 10.8. The Kier molecular flexibility index (Phi) is 5.91. The van der Waals surface area contributed by atoms with Crippen LogP contribution in [0.25, 0.3) is 0 Å². The van der Waals surface area contributed by atoms with Crippen LogP contribution >= 0.6 is 12.4 Å². The van der Waals surface area contributed by atoms with Gasteiger partial charge in [0.25, 0.3) is 0 Å². The number of piperidine rings is 1. The number of amides is 2. The minimum absolute atomic E-state index is 0. The van der Waals surface area contributed by atoms with Gasteiger partial charge >= 0.3 is 0 Å². The minimum Gasteiger partial charge on any atom is -0.366 e. The third-order valence-electron chi connectivity index (χ3n) is 3.22. The molecule has 2 amide bonds. The number of hydrogen-bond acceptors (Lipinski definition) is 3. The molecule has 1 aromatic carbocycles. The highest BCUT2D eigenvalue weighted by Gasteiger charge is 2.22. The summed E-state index contributed by atoms with van der Waals surface area (Å²) in [7, 11) is 0. The smallest absolute Gasteiger partial charge is 0.248 e. The maximum Gasteiger partial charge on any atom is 0.248 e. The van der Waals surface area contributed by atoms with E-state index in [1.54, 1.807) is 0 Å². The normalized spacial score (nSPS) is 15.2. The van der Waals surface area contributed by atoms with Gasteiger partial charge in [-0.25, -0.2) is 4.39 Å². The first-order chi connectivity index (χ1) is 9.08. The van der Waals surface area contributed by atoms with Crippen molar-refractivity contribution in [3.05, 3.63) is 29.6 Å². The summed E-state index contributed by atoms with van der Waals surface area (Å²) in [6, 6.07) is 3.67. The van der Waals surface area contributed by atoms with E-state index in [1.165, 1.54) is 12.1 Å². The average molecular weight is 302 g/mol. The molecule has 7 heteroatoms. The monoisotopic (exact) mass is 301 g/mol. The number of nitrogens with two attached hydrogens (primary N) is 1. The lowest BCUT2D eigenvalue weighted by molar-refractivity contribution is -0.120. The number of hydrogen-bond donors (Lipinski definition) is 3. The Morgan fingerprint density at radius 1 is 1.30 bits per heavy atom. The first-order valence-corrected chi connectivity index (χ1v) is 6.19. The van der Waals surface area contributed by atoms with Crippen LogP contribution in [0.5, 0.6) is 0 Å². The second-order valence-corrected chi connectivity index (χ2v) is 4.57. The molecule has 1 aliphatic rings. The summed E-state index contributed by atoms with van der Waals surface area (Å²) in [5, 5.41) is 5.68. The lowest BCUT2D eigenvalue weighted by atomic mass is 9.97. The Morgan fingerprint density at radius 3 is 2.55 bits per heavy atom. The van der Waals surface area contributed by atoms with Gasteiger partial charge in [0.15, 0.2) is 0 Å². The molecule has 0 spiro atoms. The molecule has 1 aliphatic heterocycles. The third kappa shape index (κ3) is 3.91. The molecule has 0 radical (unpaired) electrons. The Hall–Kier alpha value is -1.66. The van der Waals surface area contributed by atoms with E-state index in [9.17, 15) is 14.0 Å². The van der Waals surface area contributed by atoms with Crippen molar-refractivity contribution in [2.24, 2.45) is 11.7 Å². The molecule has 0 aromatic heterocycles. The minimum atomic E-state index is -0.655. The molecule has 0 unspecified atom stereocenters. The first-order valence-electron chi connectivity index (χ1n) is 6.19. The number of rotatable bonds is 3. The third-order valence-corrected chi connectivity index (χ3v) is 3.22. The molecule has 0 atom stereocenters. The maximum absolute atomic E-state index is 13.6. The number of primary amides is 1. The van der Waals surface area contributed by atoms with Crippen LogP contribution in [-0.2, 0) is 4.79 Å². The Balaban J connectivity index is 0.00000200. The standard InChI is InChI=1S/C13H16FN3O2.ClH/c14-10-2-1-9(12(15)18)7-11(10)17-13(19)8-3-5-16-6-4-8;/h1-2,7-8,16H,3-6H2,(H2,15,18)(H,17,19);1H. The Bertz CT molecular complexity index is 504. The van der Waals surface area contributed by atoms with Crippen molar-refractivity contribution in [2.75, 3.05) is 18.4 Å². The molecule has 4 N–H and O–H groups in total. The number of nitrogens with one attached hydrogen (secondary N) is 2. The van der Waals surface area contributed by atoms with E-state index in [0.717, 1.165) is 32.0 Å². The predicted molar refractivity (Wildman–Crippen MR) is 76.4 cm³/mol. The van der Waals surface area contributed by atoms with Crippen molar-refractivity contribution in [2.45, 2.75) is 12.8 Å². The average Bonchev–Trinajstić information content (AvgIpc) is 2.42. The van der Waals surface area contributed by atoms with Crippen LogP contribution in [0.3, 0.4) is 0 Å². The second-order valence-electron chi connectivity index (χ2n) is 4.57. The number of halogens is 2. The molecule has 5 nitrogen and oxygen atoms in total. The van der Waals surface area contributed by atoms with E-state index < -0.39 is 11.7 Å². The lowest BCUT2D eigenvalue weighted by Gasteiger charge is -2.21. The molecule has 20 heavy (non-hydrogen) atoms. The van der Waals surface area contributed by atoms with Gasteiger partial charge in [0.05, 0.1) is 5.69 Å². The summed E-state index contributed by atoms with van der Waals surface area (Å²) in [6.07, 6.45) is 1.45.